The topological polar surface area (TPSA) is 76.5 Å². The Hall–Kier alpha value is -4.13. The van der Waals surface area contributed by atoms with Gasteiger partial charge in [-0.1, -0.05) is 36.4 Å². The Kier molecular flexibility index (Phi) is 6.92. The third-order valence-electron chi connectivity index (χ3n) is 5.73. The number of hydrogen-bond acceptors (Lipinski definition) is 4. The van der Waals surface area contributed by atoms with Crippen molar-refractivity contribution < 1.29 is 14.3 Å². The highest BCUT2D eigenvalue weighted by Crippen LogP contribution is 2.23. The zero-order chi connectivity index (χ0) is 24.1. The van der Waals surface area contributed by atoms with Crippen LogP contribution in [0.4, 0.5) is 5.69 Å². The van der Waals surface area contributed by atoms with Gasteiger partial charge in [-0.2, -0.15) is 0 Å². The van der Waals surface area contributed by atoms with E-state index in [9.17, 15) is 9.59 Å². The Morgan fingerprint density at radius 2 is 1.76 bits per heavy atom. The zero-order valence-electron chi connectivity index (χ0n) is 19.6. The minimum atomic E-state index is -0.425. The molecule has 0 fully saturated rings. The van der Waals surface area contributed by atoms with Crippen LogP contribution in [0.5, 0.6) is 5.75 Å². The van der Waals surface area contributed by atoms with Gasteiger partial charge in [0.05, 0.1) is 24.2 Å². The smallest absolute Gasteiger partial charge is 0.251 e. The van der Waals surface area contributed by atoms with E-state index in [-0.39, 0.29) is 18.4 Å². The summed E-state index contributed by atoms with van der Waals surface area (Å²) in [4.78, 5) is 32.8. The molecule has 0 radical (unpaired) electrons. The molecule has 1 heterocycles. The summed E-state index contributed by atoms with van der Waals surface area (Å²) in [6.07, 6.45) is 0. The molecule has 174 valence electrons. The van der Waals surface area contributed by atoms with Crippen molar-refractivity contribution in [1.82, 2.24) is 14.9 Å². The van der Waals surface area contributed by atoms with Crippen molar-refractivity contribution >= 4 is 28.5 Å². The van der Waals surface area contributed by atoms with Gasteiger partial charge in [0, 0.05) is 17.8 Å². The number of amides is 2. The van der Waals surface area contributed by atoms with E-state index >= 15 is 0 Å². The van der Waals surface area contributed by atoms with Crippen LogP contribution in [0.2, 0.25) is 0 Å². The molecule has 0 aliphatic carbocycles. The number of ether oxygens (including phenoxy) is 1. The van der Waals surface area contributed by atoms with Crippen molar-refractivity contribution in [3.8, 4) is 5.75 Å². The molecular formula is C27H28N4O3. The van der Waals surface area contributed by atoms with Gasteiger partial charge in [-0.15, -0.1) is 0 Å². The maximum atomic E-state index is 13.4. The van der Waals surface area contributed by atoms with Crippen molar-refractivity contribution in [2.45, 2.75) is 26.4 Å². The monoisotopic (exact) mass is 456 g/mol. The highest BCUT2D eigenvalue weighted by molar-refractivity contribution is 5.95. The lowest BCUT2D eigenvalue weighted by molar-refractivity contribution is -0.119. The van der Waals surface area contributed by atoms with E-state index in [2.05, 4.69) is 5.32 Å². The molecule has 4 rings (SSSR count). The highest BCUT2D eigenvalue weighted by Gasteiger charge is 2.23. The average molecular weight is 457 g/mol. The number of hydrogen-bond donors (Lipinski definition) is 1. The number of para-hydroxylation sites is 3. The number of anilines is 1. The van der Waals surface area contributed by atoms with Gasteiger partial charge in [0.2, 0.25) is 5.91 Å². The van der Waals surface area contributed by atoms with Gasteiger partial charge in [0.15, 0.2) is 0 Å². The SMILES string of the molecule is CCN(C(=O)Cn1c(C(C)NC(=O)c2cccc(OC)c2)nc2ccccc21)c1ccccc1. The lowest BCUT2D eigenvalue weighted by atomic mass is 10.2. The molecule has 34 heavy (non-hydrogen) atoms. The maximum Gasteiger partial charge on any atom is 0.251 e. The standard InChI is InChI=1S/C27H28N4O3/c1-4-30(21-12-6-5-7-13-21)25(32)18-31-24-16-9-8-15-23(24)29-26(31)19(2)28-27(33)20-11-10-14-22(17-20)34-3/h5-17,19H,4,18H2,1-3H3,(H,28,33). The molecule has 0 saturated heterocycles. The van der Waals surface area contributed by atoms with Crippen LogP contribution in [0.25, 0.3) is 11.0 Å². The summed E-state index contributed by atoms with van der Waals surface area (Å²) in [5.41, 5.74) is 2.96. The number of nitrogens with one attached hydrogen (secondary N) is 1. The van der Waals surface area contributed by atoms with Gasteiger partial charge in [-0.05, 0) is 56.3 Å². The van der Waals surface area contributed by atoms with E-state index < -0.39 is 6.04 Å². The maximum absolute atomic E-state index is 13.4. The normalized spacial score (nSPS) is 11.7. The summed E-state index contributed by atoms with van der Waals surface area (Å²) in [5, 5.41) is 3.01. The molecule has 0 bridgehead atoms. The van der Waals surface area contributed by atoms with E-state index in [1.54, 1.807) is 36.3 Å². The summed E-state index contributed by atoms with van der Waals surface area (Å²) in [6, 6.07) is 23.8. The van der Waals surface area contributed by atoms with Crippen LogP contribution in [-0.2, 0) is 11.3 Å². The van der Waals surface area contributed by atoms with E-state index in [1.807, 2.05) is 73.0 Å². The third kappa shape index (κ3) is 4.78. The summed E-state index contributed by atoms with van der Waals surface area (Å²) in [7, 11) is 1.56. The van der Waals surface area contributed by atoms with Gasteiger partial charge in [0.25, 0.3) is 5.91 Å². The quantitative estimate of drug-likeness (QED) is 0.421. The molecule has 7 nitrogen and oxygen atoms in total. The minimum absolute atomic E-state index is 0.0515. The molecule has 1 aromatic heterocycles. The molecule has 1 unspecified atom stereocenters. The van der Waals surface area contributed by atoms with E-state index in [4.69, 9.17) is 9.72 Å². The van der Waals surface area contributed by atoms with E-state index in [0.29, 0.717) is 23.7 Å². The zero-order valence-corrected chi connectivity index (χ0v) is 19.6. The second-order valence-electron chi connectivity index (χ2n) is 7.95. The molecule has 0 aliphatic heterocycles. The fourth-order valence-corrected chi connectivity index (χ4v) is 4.03. The number of imidazole rings is 1. The van der Waals surface area contributed by atoms with Crippen LogP contribution >= 0.6 is 0 Å². The Balaban J connectivity index is 1.63. The number of benzene rings is 3. The lowest BCUT2D eigenvalue weighted by Crippen LogP contribution is -2.35. The van der Waals surface area contributed by atoms with E-state index in [1.165, 1.54) is 0 Å². The van der Waals surface area contributed by atoms with Crippen molar-refractivity contribution in [3.05, 3.63) is 90.3 Å². The van der Waals surface area contributed by atoms with Gasteiger partial charge < -0.3 is 19.5 Å². The number of methoxy groups -OCH3 is 1. The predicted octanol–water partition coefficient (Wildman–Crippen LogP) is 4.59. The van der Waals surface area contributed by atoms with Gasteiger partial charge >= 0.3 is 0 Å². The first-order chi connectivity index (χ1) is 16.5. The molecule has 7 heteroatoms. The van der Waals surface area contributed by atoms with Crippen molar-refractivity contribution in [3.63, 3.8) is 0 Å². The molecule has 0 saturated carbocycles. The highest BCUT2D eigenvalue weighted by atomic mass is 16.5. The van der Waals surface area contributed by atoms with Gasteiger partial charge in [-0.25, -0.2) is 4.98 Å². The molecule has 0 aliphatic rings. The fraction of sp³-hybridized carbons (Fsp3) is 0.222. The van der Waals surface area contributed by atoms with Crippen molar-refractivity contribution in [2.24, 2.45) is 0 Å². The molecule has 3 aromatic carbocycles. The molecule has 2 amide bonds. The fourth-order valence-electron chi connectivity index (χ4n) is 4.03. The van der Waals surface area contributed by atoms with Crippen LogP contribution < -0.4 is 15.0 Å². The summed E-state index contributed by atoms with van der Waals surface area (Å²) >= 11 is 0. The first-order valence-electron chi connectivity index (χ1n) is 11.3. The Morgan fingerprint density at radius 3 is 2.50 bits per heavy atom. The number of nitrogens with zero attached hydrogens (tertiary/aromatic N) is 3. The van der Waals surface area contributed by atoms with Gasteiger partial charge in [0.1, 0.15) is 18.1 Å². The molecule has 4 aromatic rings. The number of rotatable bonds is 8. The molecular weight excluding hydrogens is 428 g/mol. The Labute approximate surface area is 199 Å². The first kappa shape index (κ1) is 23.0. The van der Waals surface area contributed by atoms with Crippen LogP contribution in [0, 0.1) is 0 Å². The number of carbonyl (C=O) groups excluding carboxylic acids is 2. The summed E-state index contributed by atoms with van der Waals surface area (Å²) < 4.78 is 7.12. The van der Waals surface area contributed by atoms with Crippen LogP contribution in [0.1, 0.15) is 36.1 Å². The van der Waals surface area contributed by atoms with Crippen LogP contribution in [0.3, 0.4) is 0 Å². The molecule has 1 atom stereocenters. The predicted molar refractivity (Wildman–Crippen MR) is 133 cm³/mol. The Bertz CT molecular complexity index is 1300. The second kappa shape index (κ2) is 10.2. The number of aromatic nitrogens is 2. The second-order valence-corrected chi connectivity index (χ2v) is 7.95. The number of fused-ring (bicyclic) bond motifs is 1. The largest absolute Gasteiger partial charge is 0.497 e. The third-order valence-corrected chi connectivity index (χ3v) is 5.73. The average Bonchev–Trinajstić information content (AvgIpc) is 3.23. The van der Waals surface area contributed by atoms with Crippen LogP contribution in [-0.4, -0.2) is 35.0 Å². The Morgan fingerprint density at radius 1 is 1.03 bits per heavy atom. The summed E-state index contributed by atoms with van der Waals surface area (Å²) in [6.45, 7) is 4.48. The van der Waals surface area contributed by atoms with Crippen LogP contribution in [0.15, 0.2) is 78.9 Å². The molecule has 0 spiro atoms. The molecule has 1 N–H and O–H groups in total. The number of carbonyl (C=O) groups is 2. The minimum Gasteiger partial charge on any atom is -0.497 e. The lowest BCUT2D eigenvalue weighted by Gasteiger charge is -2.23. The first-order valence-corrected chi connectivity index (χ1v) is 11.3. The van der Waals surface area contributed by atoms with E-state index in [0.717, 1.165) is 16.7 Å². The number of likely N-dealkylation sites (N-methyl/N-ethyl adjacent to an activating group) is 1. The van der Waals surface area contributed by atoms with Crippen molar-refractivity contribution in [1.29, 1.82) is 0 Å². The van der Waals surface area contributed by atoms with Gasteiger partial charge in [-0.3, -0.25) is 9.59 Å². The summed E-state index contributed by atoms with van der Waals surface area (Å²) in [5.74, 6) is 0.939. The van der Waals surface area contributed by atoms with Crippen molar-refractivity contribution in [2.75, 3.05) is 18.6 Å².